The number of fused-ring (bicyclic) bond motifs is 1. The third-order valence-corrected chi connectivity index (χ3v) is 4.03. The molecular formula is C13H15FN2OS. The monoisotopic (exact) mass is 266 g/mol. The van der Waals surface area contributed by atoms with Crippen molar-refractivity contribution in [3.05, 3.63) is 28.8 Å². The van der Waals surface area contributed by atoms with Crippen LogP contribution in [0.2, 0.25) is 0 Å². The molecule has 2 unspecified atom stereocenters. The van der Waals surface area contributed by atoms with Gasteiger partial charge >= 0.3 is 0 Å². The molecular weight excluding hydrogens is 251 g/mol. The van der Waals surface area contributed by atoms with E-state index in [-0.39, 0.29) is 5.82 Å². The number of nitrogens with one attached hydrogen (secondary N) is 1. The van der Waals surface area contributed by atoms with E-state index in [0.717, 1.165) is 30.3 Å². The summed E-state index contributed by atoms with van der Waals surface area (Å²) in [5.74, 6) is -0.243. The Morgan fingerprint density at radius 2 is 2.28 bits per heavy atom. The Bertz CT molecular complexity index is 633. The van der Waals surface area contributed by atoms with Gasteiger partial charge in [0.15, 0.2) is 4.77 Å². The molecule has 3 rings (SSSR count). The summed E-state index contributed by atoms with van der Waals surface area (Å²) in [6.45, 7) is 0. The Kier molecular flexibility index (Phi) is 2.95. The first-order valence-electron chi connectivity index (χ1n) is 6.11. The molecule has 3 nitrogen and oxygen atoms in total. The fourth-order valence-electron chi connectivity index (χ4n) is 2.83. The van der Waals surface area contributed by atoms with Gasteiger partial charge < -0.3 is 14.3 Å². The van der Waals surface area contributed by atoms with Gasteiger partial charge in [0.05, 0.1) is 17.1 Å². The quantitative estimate of drug-likeness (QED) is 0.842. The highest BCUT2D eigenvalue weighted by atomic mass is 32.1. The summed E-state index contributed by atoms with van der Waals surface area (Å²) in [5.41, 5.74) is 1.74. The van der Waals surface area contributed by atoms with Crippen molar-refractivity contribution in [2.45, 2.75) is 31.4 Å². The topological polar surface area (TPSA) is 29.9 Å². The second-order valence-electron chi connectivity index (χ2n) is 4.79. The summed E-state index contributed by atoms with van der Waals surface area (Å²) in [5, 5.41) is 0. The molecule has 0 spiro atoms. The highest BCUT2D eigenvalue weighted by Crippen LogP contribution is 2.34. The molecule has 5 heteroatoms. The van der Waals surface area contributed by atoms with Crippen LogP contribution in [0.25, 0.3) is 11.0 Å². The third-order valence-electron chi connectivity index (χ3n) is 3.73. The molecule has 0 amide bonds. The molecule has 1 fully saturated rings. The Morgan fingerprint density at radius 3 is 3.00 bits per heavy atom. The molecule has 1 heterocycles. The summed E-state index contributed by atoms with van der Waals surface area (Å²) in [7, 11) is 1.75. The van der Waals surface area contributed by atoms with Gasteiger partial charge in [-0.25, -0.2) is 4.39 Å². The molecule has 1 aromatic carbocycles. The zero-order chi connectivity index (χ0) is 12.7. The van der Waals surface area contributed by atoms with Gasteiger partial charge in [0, 0.05) is 13.2 Å². The Labute approximate surface area is 110 Å². The van der Waals surface area contributed by atoms with Gasteiger partial charge in [-0.15, -0.1) is 0 Å². The minimum Gasteiger partial charge on any atom is -0.381 e. The summed E-state index contributed by atoms with van der Waals surface area (Å²) in [6, 6.07) is 5.10. The Balaban J connectivity index is 2.07. The molecule has 1 saturated carbocycles. The van der Waals surface area contributed by atoms with Crippen LogP contribution in [-0.4, -0.2) is 22.8 Å². The van der Waals surface area contributed by atoms with Crippen LogP contribution in [-0.2, 0) is 4.74 Å². The van der Waals surface area contributed by atoms with Gasteiger partial charge in [-0.1, -0.05) is 0 Å². The fraction of sp³-hybridized carbons (Fsp3) is 0.462. The molecule has 0 bridgehead atoms. The van der Waals surface area contributed by atoms with Gasteiger partial charge in [0.1, 0.15) is 5.82 Å². The number of halogens is 1. The number of hydrogen-bond acceptors (Lipinski definition) is 2. The SMILES string of the molecule is COC1CCC(n2c(=S)[nH]c3cc(F)ccc32)C1. The molecule has 2 aromatic rings. The molecule has 1 aromatic heterocycles. The van der Waals surface area contributed by atoms with Gasteiger partial charge in [-0.2, -0.15) is 0 Å². The first kappa shape index (κ1) is 11.9. The maximum Gasteiger partial charge on any atom is 0.178 e. The van der Waals surface area contributed by atoms with Crippen LogP contribution in [0, 0.1) is 10.6 Å². The van der Waals surface area contributed by atoms with E-state index in [1.807, 2.05) is 0 Å². The maximum absolute atomic E-state index is 13.2. The normalized spacial score (nSPS) is 23.9. The number of rotatable bonds is 2. The predicted octanol–water partition coefficient (Wildman–Crippen LogP) is 3.58. The van der Waals surface area contributed by atoms with Crippen molar-refractivity contribution in [2.75, 3.05) is 7.11 Å². The molecule has 18 heavy (non-hydrogen) atoms. The minimum atomic E-state index is -0.243. The zero-order valence-corrected chi connectivity index (χ0v) is 11.0. The van der Waals surface area contributed by atoms with Crippen molar-refractivity contribution in [3.63, 3.8) is 0 Å². The first-order chi connectivity index (χ1) is 8.69. The minimum absolute atomic E-state index is 0.243. The van der Waals surface area contributed by atoms with E-state index in [2.05, 4.69) is 9.55 Å². The molecule has 96 valence electrons. The number of hydrogen-bond donors (Lipinski definition) is 1. The number of methoxy groups -OCH3 is 1. The van der Waals surface area contributed by atoms with E-state index in [0.29, 0.717) is 16.9 Å². The van der Waals surface area contributed by atoms with Crippen molar-refractivity contribution in [3.8, 4) is 0 Å². The van der Waals surface area contributed by atoms with E-state index in [9.17, 15) is 4.39 Å². The van der Waals surface area contributed by atoms with Crippen molar-refractivity contribution in [1.29, 1.82) is 0 Å². The second-order valence-corrected chi connectivity index (χ2v) is 5.17. The maximum atomic E-state index is 13.2. The van der Waals surface area contributed by atoms with Crippen LogP contribution >= 0.6 is 12.2 Å². The van der Waals surface area contributed by atoms with Gasteiger partial charge in [-0.05, 0) is 49.7 Å². The molecule has 0 saturated heterocycles. The predicted molar refractivity (Wildman–Crippen MR) is 70.8 cm³/mol. The lowest BCUT2D eigenvalue weighted by Crippen LogP contribution is -2.09. The third kappa shape index (κ3) is 1.87. The molecule has 1 aliphatic rings. The van der Waals surface area contributed by atoms with Crippen LogP contribution in [0.4, 0.5) is 4.39 Å². The average Bonchev–Trinajstić information content (AvgIpc) is 2.91. The number of nitrogens with zero attached hydrogens (tertiary/aromatic N) is 1. The highest BCUT2D eigenvalue weighted by molar-refractivity contribution is 7.71. The summed E-state index contributed by atoms with van der Waals surface area (Å²) in [6.07, 6.45) is 3.38. The number of aromatic nitrogens is 2. The second kappa shape index (κ2) is 4.48. The fourth-order valence-corrected chi connectivity index (χ4v) is 3.19. The lowest BCUT2D eigenvalue weighted by atomic mass is 10.2. The van der Waals surface area contributed by atoms with Crippen LogP contribution < -0.4 is 0 Å². The van der Waals surface area contributed by atoms with Crippen LogP contribution in [0.1, 0.15) is 25.3 Å². The highest BCUT2D eigenvalue weighted by Gasteiger charge is 2.27. The van der Waals surface area contributed by atoms with Crippen LogP contribution in [0.5, 0.6) is 0 Å². The van der Waals surface area contributed by atoms with E-state index in [1.54, 1.807) is 13.2 Å². The lowest BCUT2D eigenvalue weighted by molar-refractivity contribution is 0.106. The standard InChI is InChI=1S/C13H15FN2OS/c1-17-10-4-3-9(7-10)16-12-5-2-8(14)6-11(12)15-13(16)18/h2,5-6,9-10H,3-4,7H2,1H3,(H,15,18). The zero-order valence-electron chi connectivity index (χ0n) is 10.1. The molecule has 0 aliphatic heterocycles. The number of aromatic amines is 1. The summed E-state index contributed by atoms with van der Waals surface area (Å²) in [4.78, 5) is 3.07. The van der Waals surface area contributed by atoms with Gasteiger partial charge in [0.25, 0.3) is 0 Å². The van der Waals surface area contributed by atoms with E-state index in [4.69, 9.17) is 17.0 Å². The van der Waals surface area contributed by atoms with Gasteiger partial charge in [0.2, 0.25) is 0 Å². The summed E-state index contributed by atoms with van der Waals surface area (Å²) >= 11 is 5.35. The van der Waals surface area contributed by atoms with Crippen molar-refractivity contribution >= 4 is 23.3 Å². The number of ether oxygens (including phenoxy) is 1. The molecule has 1 N–H and O–H groups in total. The Hall–Kier alpha value is -1.20. The number of imidazole rings is 1. The number of benzene rings is 1. The molecule has 0 radical (unpaired) electrons. The van der Waals surface area contributed by atoms with E-state index >= 15 is 0 Å². The van der Waals surface area contributed by atoms with Crippen molar-refractivity contribution in [2.24, 2.45) is 0 Å². The van der Waals surface area contributed by atoms with Crippen molar-refractivity contribution in [1.82, 2.24) is 9.55 Å². The average molecular weight is 266 g/mol. The van der Waals surface area contributed by atoms with Crippen molar-refractivity contribution < 1.29 is 9.13 Å². The van der Waals surface area contributed by atoms with E-state index in [1.165, 1.54) is 12.1 Å². The largest absolute Gasteiger partial charge is 0.381 e. The van der Waals surface area contributed by atoms with Gasteiger partial charge in [-0.3, -0.25) is 0 Å². The van der Waals surface area contributed by atoms with E-state index < -0.39 is 0 Å². The summed E-state index contributed by atoms with van der Waals surface area (Å²) < 4.78 is 21.3. The van der Waals surface area contributed by atoms with Crippen LogP contribution in [0.15, 0.2) is 18.2 Å². The first-order valence-corrected chi connectivity index (χ1v) is 6.52. The van der Waals surface area contributed by atoms with Crippen LogP contribution in [0.3, 0.4) is 0 Å². The lowest BCUT2D eigenvalue weighted by Gasteiger charge is -2.13. The number of H-pyrrole nitrogens is 1. The Morgan fingerprint density at radius 1 is 1.44 bits per heavy atom. The smallest absolute Gasteiger partial charge is 0.178 e. The molecule has 2 atom stereocenters. The molecule has 1 aliphatic carbocycles.